The number of nitrogens with one attached hydrogen (secondary N) is 1. The number of carbonyl (C=O) groups excluding carboxylic acids is 1. The normalized spacial score (nSPS) is 33.2. The van der Waals surface area contributed by atoms with E-state index in [1.807, 2.05) is 18.2 Å². The molecule has 26 heavy (non-hydrogen) atoms. The fraction of sp³-hybridized carbons (Fsp3) is 0.571. The fourth-order valence-corrected chi connectivity index (χ4v) is 6.12. The summed E-state index contributed by atoms with van der Waals surface area (Å²) in [6, 6.07) is 10.1. The lowest BCUT2D eigenvalue weighted by atomic mass is 9.49. The van der Waals surface area contributed by atoms with Crippen LogP contribution in [-0.2, 0) is 11.3 Å². The van der Waals surface area contributed by atoms with Crippen LogP contribution in [0.25, 0.3) is 0 Å². The first kappa shape index (κ1) is 16.0. The van der Waals surface area contributed by atoms with E-state index < -0.39 is 0 Å². The van der Waals surface area contributed by atoms with Gasteiger partial charge in [0.15, 0.2) is 0 Å². The summed E-state index contributed by atoms with van der Waals surface area (Å²) >= 11 is 0. The van der Waals surface area contributed by atoms with Crippen LogP contribution in [0.1, 0.15) is 50.1 Å². The minimum absolute atomic E-state index is 0.0934. The van der Waals surface area contributed by atoms with E-state index in [9.17, 15) is 4.79 Å². The maximum absolute atomic E-state index is 13.4. The van der Waals surface area contributed by atoms with Gasteiger partial charge in [-0.15, -0.1) is 0 Å². The Hall–Kier alpha value is -2.17. The number of nitrogens with zero attached hydrogens (tertiary/aromatic N) is 3. The van der Waals surface area contributed by atoms with Crippen molar-refractivity contribution in [3.05, 3.63) is 48.3 Å². The lowest BCUT2D eigenvalue weighted by Gasteiger charge is -2.55. The van der Waals surface area contributed by atoms with Crippen LogP contribution in [0.15, 0.2) is 42.7 Å². The highest BCUT2D eigenvalue weighted by molar-refractivity contribution is 5.83. The van der Waals surface area contributed by atoms with Crippen LogP contribution in [-0.4, -0.2) is 20.9 Å². The smallest absolute Gasteiger partial charge is 0.226 e. The Morgan fingerprint density at radius 1 is 1.04 bits per heavy atom. The van der Waals surface area contributed by atoms with Gasteiger partial charge in [0.25, 0.3) is 0 Å². The van der Waals surface area contributed by atoms with Gasteiger partial charge in [0.2, 0.25) is 5.91 Å². The number of hydrogen-bond donors (Lipinski definition) is 1. The van der Waals surface area contributed by atoms with E-state index in [-0.39, 0.29) is 17.4 Å². The molecule has 0 aliphatic heterocycles. The largest absolute Gasteiger partial charge is 0.347 e. The first-order chi connectivity index (χ1) is 12.7. The highest BCUT2D eigenvalue weighted by Gasteiger charge is 2.54. The Balaban J connectivity index is 1.38. The molecule has 4 aliphatic rings. The van der Waals surface area contributed by atoms with Gasteiger partial charge in [-0.05, 0) is 61.8 Å². The van der Waals surface area contributed by atoms with Crippen LogP contribution in [0.5, 0.6) is 0 Å². The summed E-state index contributed by atoms with van der Waals surface area (Å²) < 4.78 is 0. The molecule has 1 aromatic carbocycles. The predicted octanol–water partition coefficient (Wildman–Crippen LogP) is 3.35. The second kappa shape index (κ2) is 6.22. The minimum Gasteiger partial charge on any atom is -0.347 e. The summed E-state index contributed by atoms with van der Waals surface area (Å²) in [6.07, 6.45) is 10.7. The molecule has 1 atom stereocenters. The van der Waals surface area contributed by atoms with Crippen molar-refractivity contribution in [1.82, 2.24) is 20.3 Å². The molecule has 1 aromatic heterocycles. The van der Waals surface area contributed by atoms with Crippen molar-refractivity contribution in [2.24, 2.45) is 23.2 Å². The standard InChI is InChI=1S/C21H26N4O/c26-20(21-11-15-8-16(12-21)10-17(9-15)13-21)24-19(14-25-22-6-7-23-25)18-4-2-1-3-5-18/h1-7,15-17,19H,8-14H2,(H,24,26). The number of hydrogen-bond acceptors (Lipinski definition) is 3. The quantitative estimate of drug-likeness (QED) is 0.899. The summed E-state index contributed by atoms with van der Waals surface area (Å²) in [6.45, 7) is 0.565. The molecule has 4 aliphatic carbocycles. The molecule has 2 aromatic rings. The topological polar surface area (TPSA) is 59.8 Å². The zero-order chi connectivity index (χ0) is 17.6. The molecule has 5 heteroatoms. The van der Waals surface area contributed by atoms with E-state index in [1.165, 1.54) is 19.3 Å². The molecule has 1 amide bonds. The zero-order valence-electron chi connectivity index (χ0n) is 15.1. The molecular formula is C21H26N4O. The highest BCUT2D eigenvalue weighted by atomic mass is 16.2. The second-order valence-electron chi connectivity index (χ2n) is 8.72. The number of rotatable bonds is 5. The van der Waals surface area contributed by atoms with Crippen LogP contribution in [0.4, 0.5) is 0 Å². The third-order valence-corrected chi connectivity index (χ3v) is 6.84. The summed E-state index contributed by atoms with van der Waals surface area (Å²) in [4.78, 5) is 15.1. The first-order valence-electron chi connectivity index (χ1n) is 9.90. The molecule has 1 heterocycles. The highest BCUT2D eigenvalue weighted by Crippen LogP contribution is 2.60. The van der Waals surface area contributed by atoms with Gasteiger partial charge in [-0.3, -0.25) is 4.79 Å². The van der Waals surface area contributed by atoms with Crippen LogP contribution in [0.2, 0.25) is 0 Å². The van der Waals surface area contributed by atoms with Gasteiger partial charge < -0.3 is 5.32 Å². The Labute approximate surface area is 154 Å². The molecule has 4 saturated carbocycles. The predicted molar refractivity (Wildman–Crippen MR) is 98.0 cm³/mol. The van der Waals surface area contributed by atoms with Crippen molar-refractivity contribution in [2.75, 3.05) is 0 Å². The molecule has 1 N–H and O–H groups in total. The Morgan fingerprint density at radius 2 is 1.62 bits per heavy atom. The summed E-state index contributed by atoms with van der Waals surface area (Å²) in [5, 5.41) is 11.9. The van der Waals surface area contributed by atoms with Crippen LogP contribution >= 0.6 is 0 Å². The molecular weight excluding hydrogens is 324 g/mol. The van der Waals surface area contributed by atoms with Crippen molar-refractivity contribution < 1.29 is 4.79 Å². The molecule has 1 unspecified atom stereocenters. The average Bonchev–Trinajstić information content (AvgIpc) is 3.14. The third-order valence-electron chi connectivity index (χ3n) is 6.84. The lowest BCUT2D eigenvalue weighted by molar-refractivity contribution is -0.147. The number of carbonyl (C=O) groups is 1. The summed E-state index contributed by atoms with van der Waals surface area (Å²) in [7, 11) is 0. The van der Waals surface area contributed by atoms with Crippen molar-refractivity contribution in [3.63, 3.8) is 0 Å². The van der Waals surface area contributed by atoms with Crippen molar-refractivity contribution >= 4 is 5.91 Å². The molecule has 6 rings (SSSR count). The van der Waals surface area contributed by atoms with Crippen molar-refractivity contribution in [3.8, 4) is 0 Å². The van der Waals surface area contributed by atoms with Crippen LogP contribution in [0, 0.1) is 23.2 Å². The Bertz CT molecular complexity index is 735. The summed E-state index contributed by atoms with van der Waals surface area (Å²) in [5.41, 5.74) is 0.988. The second-order valence-corrected chi connectivity index (χ2v) is 8.72. The van der Waals surface area contributed by atoms with Gasteiger partial charge in [0.05, 0.1) is 25.0 Å². The van der Waals surface area contributed by atoms with Gasteiger partial charge >= 0.3 is 0 Å². The number of amides is 1. The van der Waals surface area contributed by atoms with E-state index in [1.54, 1.807) is 17.2 Å². The van der Waals surface area contributed by atoms with Crippen molar-refractivity contribution in [1.29, 1.82) is 0 Å². The molecule has 136 valence electrons. The summed E-state index contributed by atoms with van der Waals surface area (Å²) in [5.74, 6) is 2.58. The average molecular weight is 350 g/mol. The van der Waals surface area contributed by atoms with E-state index in [0.717, 1.165) is 42.6 Å². The zero-order valence-corrected chi connectivity index (χ0v) is 15.1. The number of benzene rings is 1. The fourth-order valence-electron chi connectivity index (χ4n) is 6.12. The van der Waals surface area contributed by atoms with E-state index in [4.69, 9.17) is 0 Å². The maximum atomic E-state index is 13.4. The van der Waals surface area contributed by atoms with Gasteiger partial charge in [-0.25, -0.2) is 0 Å². The SMILES string of the molecule is O=C(NC(Cn1nccn1)c1ccccc1)C12CC3CC(CC(C3)C1)C2. The number of aromatic nitrogens is 3. The van der Waals surface area contributed by atoms with E-state index >= 15 is 0 Å². The van der Waals surface area contributed by atoms with Gasteiger partial charge in [0, 0.05) is 5.41 Å². The van der Waals surface area contributed by atoms with Crippen molar-refractivity contribution in [2.45, 2.75) is 51.1 Å². The Morgan fingerprint density at radius 3 is 2.19 bits per heavy atom. The third kappa shape index (κ3) is 2.83. The van der Waals surface area contributed by atoms with Gasteiger partial charge in [-0.2, -0.15) is 15.0 Å². The monoisotopic (exact) mass is 350 g/mol. The minimum atomic E-state index is -0.126. The molecule has 0 saturated heterocycles. The first-order valence-corrected chi connectivity index (χ1v) is 9.90. The van der Waals surface area contributed by atoms with E-state index in [2.05, 4.69) is 27.6 Å². The maximum Gasteiger partial charge on any atom is 0.226 e. The van der Waals surface area contributed by atoms with Crippen LogP contribution < -0.4 is 5.32 Å². The Kier molecular flexibility index (Phi) is 3.84. The van der Waals surface area contributed by atoms with Gasteiger partial charge in [0.1, 0.15) is 0 Å². The van der Waals surface area contributed by atoms with E-state index in [0.29, 0.717) is 6.54 Å². The van der Waals surface area contributed by atoms with Crippen LogP contribution in [0.3, 0.4) is 0 Å². The molecule has 0 spiro atoms. The molecule has 4 fully saturated rings. The van der Waals surface area contributed by atoms with Gasteiger partial charge in [-0.1, -0.05) is 30.3 Å². The molecule has 5 nitrogen and oxygen atoms in total. The molecule has 4 bridgehead atoms. The lowest BCUT2D eigenvalue weighted by Crippen LogP contribution is -2.54. The molecule has 0 radical (unpaired) electrons.